The highest BCUT2D eigenvalue weighted by molar-refractivity contribution is 5.21. The van der Waals surface area contributed by atoms with E-state index < -0.39 is 23.8 Å². The molecule has 1 aliphatic carbocycles. The number of alkyl halides is 1. The van der Waals surface area contributed by atoms with Gasteiger partial charge in [-0.25, -0.2) is 18.4 Å². The fourth-order valence-electron chi connectivity index (χ4n) is 1.39. The Bertz CT molecular complexity index is 546. The Morgan fingerprint density at radius 1 is 1.23 bits per heavy atom. The van der Waals surface area contributed by atoms with Crippen LogP contribution >= 0.6 is 0 Å². The third kappa shape index (κ3) is 6.28. The van der Waals surface area contributed by atoms with Crippen LogP contribution in [0.2, 0.25) is 0 Å². The number of rotatable bonds is 3. The molecule has 2 aromatic rings. The maximum absolute atomic E-state index is 13.9. The van der Waals surface area contributed by atoms with Crippen LogP contribution in [-0.4, -0.2) is 33.1 Å². The highest BCUT2D eigenvalue weighted by Crippen LogP contribution is 2.26. The molecule has 1 N–H and O–H groups in total. The summed E-state index contributed by atoms with van der Waals surface area (Å²) in [5, 5.41) is 13.2. The third-order valence-electron chi connectivity index (χ3n) is 2.68. The lowest BCUT2D eigenvalue weighted by molar-refractivity contribution is -0.113. The molecule has 4 rings (SSSR count). The van der Waals surface area contributed by atoms with Gasteiger partial charge in [0.1, 0.15) is 25.0 Å². The predicted octanol–water partition coefficient (Wildman–Crippen LogP) is 2.42. The average molecular weight is 311 g/mol. The first-order valence-corrected chi connectivity index (χ1v) is 7.16. The summed E-state index contributed by atoms with van der Waals surface area (Å²) in [5.41, 5.74) is -0.412. The molecule has 0 bridgehead atoms. The molecule has 22 heavy (non-hydrogen) atoms. The molecule has 1 aromatic heterocycles. The quantitative estimate of drug-likeness (QED) is 0.884. The Kier molecular flexibility index (Phi) is 5.97. The number of hydrogen-bond acceptors (Lipinski definition) is 4. The molecular formula is C15H19F2N3O2. The molecule has 1 saturated heterocycles. The van der Waals surface area contributed by atoms with Gasteiger partial charge < -0.3 is 9.84 Å². The molecule has 2 fully saturated rings. The van der Waals surface area contributed by atoms with E-state index in [0.717, 1.165) is 24.0 Å². The number of aliphatic hydroxyl groups is 1. The van der Waals surface area contributed by atoms with Crippen molar-refractivity contribution in [3.63, 3.8) is 0 Å². The van der Waals surface area contributed by atoms with Gasteiger partial charge in [0.05, 0.1) is 18.8 Å². The monoisotopic (exact) mass is 311 g/mol. The van der Waals surface area contributed by atoms with Crippen LogP contribution in [0.4, 0.5) is 8.78 Å². The highest BCUT2D eigenvalue weighted by atomic mass is 19.2. The lowest BCUT2D eigenvalue weighted by Crippen LogP contribution is -2.27. The SMILES string of the molecule is C1CC1.C1CO1.OC(F)(Cn1cncn1)c1ccccc1F. The van der Waals surface area contributed by atoms with Gasteiger partial charge in [-0.15, -0.1) is 0 Å². The van der Waals surface area contributed by atoms with Crippen LogP contribution in [0.25, 0.3) is 0 Å². The summed E-state index contributed by atoms with van der Waals surface area (Å²) >= 11 is 0. The Morgan fingerprint density at radius 3 is 2.32 bits per heavy atom. The summed E-state index contributed by atoms with van der Waals surface area (Å²) in [4.78, 5) is 3.60. The van der Waals surface area contributed by atoms with Crippen LogP contribution in [0.1, 0.15) is 24.8 Å². The van der Waals surface area contributed by atoms with Crippen molar-refractivity contribution in [2.75, 3.05) is 13.2 Å². The van der Waals surface area contributed by atoms with Gasteiger partial charge in [0, 0.05) is 0 Å². The molecule has 2 aliphatic rings. The Hall–Kier alpha value is -1.86. The van der Waals surface area contributed by atoms with Gasteiger partial charge in [0.15, 0.2) is 0 Å². The maximum Gasteiger partial charge on any atom is 0.255 e. The molecular weight excluding hydrogens is 292 g/mol. The van der Waals surface area contributed by atoms with Gasteiger partial charge in [-0.3, -0.25) is 0 Å². The second kappa shape index (κ2) is 7.95. The van der Waals surface area contributed by atoms with Crippen LogP contribution in [0.5, 0.6) is 0 Å². The van der Waals surface area contributed by atoms with Crippen molar-refractivity contribution < 1.29 is 18.6 Å². The summed E-state index contributed by atoms with van der Waals surface area (Å²) in [5.74, 6) is -3.61. The number of nitrogens with zero attached hydrogens (tertiary/aromatic N) is 3. The number of hydrogen-bond donors (Lipinski definition) is 1. The van der Waals surface area contributed by atoms with Crippen molar-refractivity contribution in [1.29, 1.82) is 0 Å². The van der Waals surface area contributed by atoms with Gasteiger partial charge in [0.2, 0.25) is 0 Å². The highest BCUT2D eigenvalue weighted by Gasteiger charge is 2.32. The summed E-state index contributed by atoms with van der Waals surface area (Å²) in [7, 11) is 0. The average Bonchev–Trinajstić information content (AvgIpc) is 3.38. The van der Waals surface area contributed by atoms with E-state index in [4.69, 9.17) is 0 Å². The molecule has 1 atom stereocenters. The van der Waals surface area contributed by atoms with Crippen LogP contribution < -0.4 is 0 Å². The second-order valence-corrected chi connectivity index (χ2v) is 5.01. The molecule has 1 saturated carbocycles. The fourth-order valence-corrected chi connectivity index (χ4v) is 1.39. The molecule has 1 aliphatic heterocycles. The van der Waals surface area contributed by atoms with Gasteiger partial charge in [0.25, 0.3) is 5.85 Å². The van der Waals surface area contributed by atoms with Crippen molar-refractivity contribution in [2.45, 2.75) is 31.7 Å². The number of ether oxygens (including phenoxy) is 1. The van der Waals surface area contributed by atoms with Crippen molar-refractivity contribution in [3.05, 3.63) is 48.3 Å². The third-order valence-corrected chi connectivity index (χ3v) is 2.68. The molecule has 120 valence electrons. The minimum absolute atomic E-state index is 0.412. The van der Waals surface area contributed by atoms with E-state index in [1.807, 2.05) is 0 Å². The second-order valence-electron chi connectivity index (χ2n) is 5.01. The van der Waals surface area contributed by atoms with E-state index in [-0.39, 0.29) is 0 Å². The lowest BCUT2D eigenvalue weighted by atomic mass is 10.1. The Labute approximate surface area is 127 Å². The number of aromatic nitrogens is 3. The zero-order valence-corrected chi connectivity index (χ0v) is 12.2. The zero-order chi connectivity index (χ0) is 15.8. The van der Waals surface area contributed by atoms with E-state index >= 15 is 0 Å². The van der Waals surface area contributed by atoms with Crippen molar-refractivity contribution in [3.8, 4) is 0 Å². The van der Waals surface area contributed by atoms with E-state index in [9.17, 15) is 13.9 Å². The first-order chi connectivity index (χ1) is 10.6. The summed E-state index contributed by atoms with van der Waals surface area (Å²) in [6.07, 6.45) is 6.95. The minimum Gasteiger partial charge on any atom is -0.377 e. The Morgan fingerprint density at radius 2 is 1.86 bits per heavy atom. The van der Waals surface area contributed by atoms with Crippen LogP contribution in [0.15, 0.2) is 36.9 Å². The smallest absolute Gasteiger partial charge is 0.255 e. The van der Waals surface area contributed by atoms with Crippen LogP contribution in [0, 0.1) is 5.82 Å². The summed E-state index contributed by atoms with van der Waals surface area (Å²) in [6, 6.07) is 5.14. The first kappa shape index (κ1) is 16.5. The largest absolute Gasteiger partial charge is 0.377 e. The topological polar surface area (TPSA) is 63.5 Å². The summed E-state index contributed by atoms with van der Waals surface area (Å²) < 4.78 is 32.7. The first-order valence-electron chi connectivity index (χ1n) is 7.16. The van der Waals surface area contributed by atoms with E-state index in [0.29, 0.717) is 0 Å². The summed E-state index contributed by atoms with van der Waals surface area (Å²) in [6.45, 7) is 1.49. The minimum atomic E-state index is -2.81. The van der Waals surface area contributed by atoms with Crippen molar-refractivity contribution in [2.24, 2.45) is 0 Å². The molecule has 0 radical (unpaired) electrons. The van der Waals surface area contributed by atoms with E-state index in [1.54, 1.807) is 0 Å². The number of halogens is 2. The molecule has 5 nitrogen and oxygen atoms in total. The van der Waals surface area contributed by atoms with Crippen molar-refractivity contribution >= 4 is 0 Å². The van der Waals surface area contributed by atoms with Gasteiger partial charge in [-0.05, 0) is 6.07 Å². The molecule has 0 amide bonds. The van der Waals surface area contributed by atoms with Gasteiger partial charge >= 0.3 is 0 Å². The van der Waals surface area contributed by atoms with E-state index in [1.165, 1.54) is 50.1 Å². The Balaban J connectivity index is 0.000000241. The van der Waals surface area contributed by atoms with Crippen LogP contribution in [0.3, 0.4) is 0 Å². The fraction of sp³-hybridized carbons (Fsp3) is 0.467. The molecule has 1 aromatic carbocycles. The van der Waals surface area contributed by atoms with Crippen LogP contribution in [-0.2, 0) is 17.1 Å². The van der Waals surface area contributed by atoms with Crippen molar-refractivity contribution in [1.82, 2.24) is 14.8 Å². The standard InChI is InChI=1S/C10H9F2N3O.C3H6.C2H4O/c11-9-4-2-1-3-8(9)10(12,16)5-15-7-13-6-14-15;2*1-2-3-1/h1-4,6-7,16H,5H2;1-3H2;1-2H2. The molecule has 0 spiro atoms. The van der Waals surface area contributed by atoms with Gasteiger partial charge in [-0.2, -0.15) is 5.10 Å². The molecule has 7 heteroatoms. The number of epoxide rings is 1. The molecule has 1 unspecified atom stereocenters. The predicted molar refractivity (Wildman–Crippen MR) is 76.1 cm³/mol. The number of benzene rings is 1. The molecule has 2 heterocycles. The normalized spacial score (nSPS) is 17.2. The van der Waals surface area contributed by atoms with Gasteiger partial charge in [-0.1, -0.05) is 37.5 Å². The van der Waals surface area contributed by atoms with E-state index in [2.05, 4.69) is 14.8 Å². The lowest BCUT2D eigenvalue weighted by Gasteiger charge is -2.19. The maximum atomic E-state index is 13.9. The zero-order valence-electron chi connectivity index (χ0n) is 12.2.